The first-order valence-electron chi connectivity index (χ1n) is 13.7. The minimum atomic E-state index is -0.741. The van der Waals surface area contributed by atoms with E-state index in [1.165, 1.54) is 11.1 Å². The molecule has 0 aliphatic rings. The molecule has 4 N–H and O–H groups in total. The zero-order chi connectivity index (χ0) is 27.0. The topological polar surface area (TPSA) is 81.6 Å². The summed E-state index contributed by atoms with van der Waals surface area (Å²) in [7, 11) is 0. The largest absolute Gasteiger partial charge is 0.481 e. The number of hydrogen-bond donors (Lipinski definition) is 4. The van der Waals surface area contributed by atoms with E-state index >= 15 is 0 Å². The molecular weight excluding hydrogens is 480 g/mol. The lowest BCUT2D eigenvalue weighted by molar-refractivity contribution is -0.137. The predicted molar refractivity (Wildman–Crippen MR) is 157 cm³/mol. The number of unbranched alkanes of at least 4 members (excludes halogenated alkanes) is 2. The SMILES string of the molecule is CC(CCCO)(CCCCNC(=S)NCCCCC(C)(CCC(=O)O)c1ccccc1)c1ccccc1. The van der Waals surface area contributed by atoms with Gasteiger partial charge in [0.15, 0.2) is 5.11 Å². The molecule has 0 saturated heterocycles. The maximum Gasteiger partial charge on any atom is 0.303 e. The van der Waals surface area contributed by atoms with E-state index in [2.05, 4.69) is 66.9 Å². The highest BCUT2D eigenvalue weighted by atomic mass is 32.1. The third-order valence-electron chi connectivity index (χ3n) is 7.60. The number of nitrogens with one attached hydrogen (secondary N) is 2. The van der Waals surface area contributed by atoms with Gasteiger partial charge in [-0.05, 0) is 79.1 Å². The molecule has 2 atom stereocenters. The fourth-order valence-corrected chi connectivity index (χ4v) is 5.31. The molecule has 0 aliphatic carbocycles. The number of carboxylic acid groups (broad SMARTS) is 1. The zero-order valence-corrected chi connectivity index (χ0v) is 23.5. The van der Waals surface area contributed by atoms with Gasteiger partial charge in [-0.1, -0.05) is 87.4 Å². The number of carboxylic acids is 1. The van der Waals surface area contributed by atoms with Crippen molar-refractivity contribution >= 4 is 23.3 Å². The van der Waals surface area contributed by atoms with Gasteiger partial charge in [-0.15, -0.1) is 0 Å². The highest BCUT2D eigenvalue weighted by Crippen LogP contribution is 2.35. The van der Waals surface area contributed by atoms with Gasteiger partial charge in [-0.25, -0.2) is 0 Å². The summed E-state index contributed by atoms with van der Waals surface area (Å²) in [6, 6.07) is 20.9. The van der Waals surface area contributed by atoms with Crippen molar-refractivity contribution in [3.8, 4) is 0 Å². The number of thiocarbonyl (C=S) groups is 1. The molecule has 6 heteroatoms. The molecule has 5 nitrogen and oxygen atoms in total. The number of aliphatic hydroxyl groups excluding tert-OH is 1. The second-order valence-electron chi connectivity index (χ2n) is 10.7. The van der Waals surface area contributed by atoms with E-state index in [0.717, 1.165) is 64.5 Å². The lowest BCUT2D eigenvalue weighted by atomic mass is 9.75. The Morgan fingerprint density at radius 3 is 1.59 bits per heavy atom. The molecule has 0 amide bonds. The molecule has 2 rings (SSSR count). The summed E-state index contributed by atoms with van der Waals surface area (Å²) in [5, 5.41) is 25.9. The van der Waals surface area contributed by atoms with Gasteiger partial charge in [0.05, 0.1) is 0 Å². The summed E-state index contributed by atoms with van der Waals surface area (Å²) in [5.41, 5.74) is 2.51. The number of carbonyl (C=O) groups is 1. The molecule has 0 aliphatic heterocycles. The molecule has 0 bridgehead atoms. The van der Waals surface area contributed by atoms with Crippen LogP contribution < -0.4 is 10.6 Å². The lowest BCUT2D eigenvalue weighted by Crippen LogP contribution is -2.36. The third-order valence-corrected chi connectivity index (χ3v) is 7.89. The van der Waals surface area contributed by atoms with Crippen LogP contribution in [0.15, 0.2) is 60.7 Å². The van der Waals surface area contributed by atoms with Crippen molar-refractivity contribution in [2.45, 2.75) is 88.9 Å². The Hall–Kier alpha value is -2.44. The van der Waals surface area contributed by atoms with Crippen molar-refractivity contribution in [1.82, 2.24) is 10.6 Å². The average Bonchev–Trinajstić information content (AvgIpc) is 2.91. The average molecular weight is 527 g/mol. The Bertz CT molecular complexity index is 925. The standard InChI is InChI=1S/C31H46N2O3S/c1-30(21-13-25-34,26-14-5-3-6-15-26)19-9-11-23-32-29(37)33-24-12-10-20-31(2,22-18-28(35)36)27-16-7-4-8-17-27/h3-8,14-17,34H,9-13,18-25H2,1-2H3,(H,35,36)(H2,32,33,37). The number of aliphatic carboxylic acids is 1. The highest BCUT2D eigenvalue weighted by Gasteiger charge is 2.27. The van der Waals surface area contributed by atoms with E-state index in [-0.39, 0.29) is 23.9 Å². The number of rotatable bonds is 18. The third kappa shape index (κ3) is 11.2. The Labute approximate surface area is 229 Å². The molecule has 0 aromatic heterocycles. The highest BCUT2D eigenvalue weighted by molar-refractivity contribution is 7.80. The van der Waals surface area contributed by atoms with Crippen LogP contribution in [0.2, 0.25) is 0 Å². The summed E-state index contributed by atoms with van der Waals surface area (Å²) in [4.78, 5) is 11.2. The molecule has 0 spiro atoms. The van der Waals surface area contributed by atoms with Gasteiger partial charge in [0, 0.05) is 26.1 Å². The van der Waals surface area contributed by atoms with E-state index in [1.54, 1.807) is 0 Å². The zero-order valence-electron chi connectivity index (χ0n) is 22.7. The molecular formula is C31H46N2O3S. The predicted octanol–water partition coefficient (Wildman–Crippen LogP) is 6.34. The molecule has 0 heterocycles. The van der Waals surface area contributed by atoms with Crippen molar-refractivity contribution in [2.24, 2.45) is 0 Å². The van der Waals surface area contributed by atoms with E-state index in [1.807, 2.05) is 18.2 Å². The molecule has 2 aromatic carbocycles. The number of hydrogen-bond acceptors (Lipinski definition) is 3. The fraction of sp³-hybridized carbons (Fsp3) is 0.548. The van der Waals surface area contributed by atoms with E-state index in [4.69, 9.17) is 12.2 Å². The first-order chi connectivity index (χ1) is 17.8. The Morgan fingerprint density at radius 1 is 0.730 bits per heavy atom. The monoisotopic (exact) mass is 526 g/mol. The lowest BCUT2D eigenvalue weighted by Gasteiger charge is -2.30. The molecule has 37 heavy (non-hydrogen) atoms. The minimum absolute atomic E-state index is 0.0848. The number of benzene rings is 2. The summed E-state index contributed by atoms with van der Waals surface area (Å²) >= 11 is 5.47. The molecule has 2 unspecified atom stereocenters. The maximum absolute atomic E-state index is 11.2. The van der Waals surface area contributed by atoms with Crippen LogP contribution in [0.3, 0.4) is 0 Å². The van der Waals surface area contributed by atoms with E-state index < -0.39 is 5.97 Å². The van der Waals surface area contributed by atoms with Crippen LogP contribution in [0.1, 0.15) is 89.2 Å². The minimum Gasteiger partial charge on any atom is -0.481 e. The van der Waals surface area contributed by atoms with Crippen LogP contribution in [0.4, 0.5) is 0 Å². The number of aliphatic hydroxyl groups is 1. The van der Waals surface area contributed by atoms with E-state index in [9.17, 15) is 15.0 Å². The van der Waals surface area contributed by atoms with Crippen LogP contribution in [-0.4, -0.2) is 41.0 Å². The Morgan fingerprint density at radius 2 is 1.16 bits per heavy atom. The van der Waals surface area contributed by atoms with Crippen molar-refractivity contribution in [1.29, 1.82) is 0 Å². The second kappa shape index (κ2) is 16.4. The molecule has 0 fully saturated rings. The Kier molecular flexibility index (Phi) is 13.7. The van der Waals surface area contributed by atoms with Crippen molar-refractivity contribution in [2.75, 3.05) is 19.7 Å². The second-order valence-corrected chi connectivity index (χ2v) is 11.1. The first kappa shape index (κ1) is 30.8. The summed E-state index contributed by atoms with van der Waals surface area (Å²) in [6.07, 6.45) is 8.80. The quantitative estimate of drug-likeness (QED) is 0.134. The van der Waals surface area contributed by atoms with Crippen LogP contribution in [0, 0.1) is 0 Å². The van der Waals surface area contributed by atoms with Crippen LogP contribution >= 0.6 is 12.2 Å². The Balaban J connectivity index is 1.66. The summed E-state index contributed by atoms with van der Waals surface area (Å²) in [6.45, 7) is 6.37. The van der Waals surface area contributed by atoms with Gasteiger partial charge in [0.25, 0.3) is 0 Å². The van der Waals surface area contributed by atoms with Gasteiger partial charge < -0.3 is 20.8 Å². The van der Waals surface area contributed by atoms with Crippen LogP contribution in [-0.2, 0) is 15.6 Å². The molecule has 2 aromatic rings. The van der Waals surface area contributed by atoms with Gasteiger partial charge in [-0.3, -0.25) is 4.79 Å². The van der Waals surface area contributed by atoms with Gasteiger partial charge in [-0.2, -0.15) is 0 Å². The van der Waals surface area contributed by atoms with E-state index in [0.29, 0.717) is 11.5 Å². The van der Waals surface area contributed by atoms with Crippen molar-refractivity contribution in [3.63, 3.8) is 0 Å². The molecule has 0 saturated carbocycles. The smallest absolute Gasteiger partial charge is 0.303 e. The van der Waals surface area contributed by atoms with Gasteiger partial charge in [0.2, 0.25) is 0 Å². The summed E-state index contributed by atoms with van der Waals surface area (Å²) in [5.74, 6) is -0.741. The van der Waals surface area contributed by atoms with Crippen LogP contribution in [0.25, 0.3) is 0 Å². The summed E-state index contributed by atoms with van der Waals surface area (Å²) < 4.78 is 0. The maximum atomic E-state index is 11.2. The molecule has 0 radical (unpaired) electrons. The normalized spacial score (nSPS) is 14.4. The van der Waals surface area contributed by atoms with Gasteiger partial charge >= 0.3 is 5.97 Å². The van der Waals surface area contributed by atoms with Crippen LogP contribution in [0.5, 0.6) is 0 Å². The first-order valence-corrected chi connectivity index (χ1v) is 14.2. The van der Waals surface area contributed by atoms with Crippen molar-refractivity contribution in [3.05, 3.63) is 71.8 Å². The fourth-order valence-electron chi connectivity index (χ4n) is 5.11. The molecule has 204 valence electrons. The van der Waals surface area contributed by atoms with Crippen molar-refractivity contribution < 1.29 is 15.0 Å². The van der Waals surface area contributed by atoms with Gasteiger partial charge in [0.1, 0.15) is 0 Å².